The molecule has 0 saturated heterocycles. The molecular formula is C14H17NO3. The van der Waals surface area contributed by atoms with E-state index in [-0.39, 0.29) is 5.75 Å². The molecular weight excluding hydrogens is 230 g/mol. The molecule has 1 aromatic carbocycles. The molecule has 0 bridgehead atoms. The van der Waals surface area contributed by atoms with Crippen molar-refractivity contribution < 1.29 is 14.6 Å². The van der Waals surface area contributed by atoms with Crippen molar-refractivity contribution in [3.05, 3.63) is 22.8 Å². The molecule has 2 rings (SSSR count). The van der Waals surface area contributed by atoms with Crippen molar-refractivity contribution in [2.75, 3.05) is 7.11 Å². The van der Waals surface area contributed by atoms with Gasteiger partial charge in [-0.1, -0.05) is 0 Å². The highest BCUT2D eigenvalue weighted by molar-refractivity contribution is 5.57. The Hall–Kier alpha value is -1.80. The minimum Gasteiger partial charge on any atom is -0.504 e. The van der Waals surface area contributed by atoms with Gasteiger partial charge in [0.15, 0.2) is 11.5 Å². The smallest absolute Gasteiger partial charge is 0.235 e. The van der Waals surface area contributed by atoms with Gasteiger partial charge in [-0.15, -0.1) is 0 Å². The number of carbonyl (C=O) groups excluding carboxylic acids is 1. The third-order valence-electron chi connectivity index (χ3n) is 3.91. The van der Waals surface area contributed by atoms with Gasteiger partial charge in [0.25, 0.3) is 0 Å². The molecule has 0 spiro atoms. The van der Waals surface area contributed by atoms with E-state index in [1.165, 1.54) is 7.11 Å². The zero-order valence-corrected chi connectivity index (χ0v) is 10.9. The van der Waals surface area contributed by atoms with Crippen molar-refractivity contribution >= 4 is 6.08 Å². The summed E-state index contributed by atoms with van der Waals surface area (Å²) < 4.78 is 5.17. The van der Waals surface area contributed by atoms with Crippen LogP contribution in [0.5, 0.6) is 11.5 Å². The first kappa shape index (κ1) is 12.7. The molecule has 0 radical (unpaired) electrons. The predicted octanol–water partition coefficient (Wildman–Crippen LogP) is 2.73. The third-order valence-corrected chi connectivity index (χ3v) is 3.91. The molecule has 0 aromatic heterocycles. The number of benzene rings is 1. The quantitative estimate of drug-likeness (QED) is 0.660. The van der Waals surface area contributed by atoms with Gasteiger partial charge in [0.2, 0.25) is 6.08 Å². The average molecular weight is 247 g/mol. The average Bonchev–Trinajstić information content (AvgIpc) is 2.30. The SMILES string of the molecule is COc1cc(C)c(C)c(C2(N=C=O)CCC2)c1O. The minimum atomic E-state index is -0.602. The highest BCUT2D eigenvalue weighted by Gasteiger charge is 2.43. The lowest BCUT2D eigenvalue weighted by atomic mass is 9.70. The second-order valence-corrected chi connectivity index (χ2v) is 4.83. The Labute approximate surface area is 106 Å². The van der Waals surface area contributed by atoms with Crippen molar-refractivity contribution in [2.45, 2.75) is 38.6 Å². The Balaban J connectivity index is 2.69. The fraction of sp³-hybridized carbons (Fsp3) is 0.500. The van der Waals surface area contributed by atoms with Crippen LogP contribution in [0.25, 0.3) is 0 Å². The first-order valence-corrected chi connectivity index (χ1v) is 6.02. The lowest BCUT2D eigenvalue weighted by molar-refractivity contribution is 0.243. The molecule has 1 aliphatic rings. The van der Waals surface area contributed by atoms with E-state index in [1.807, 2.05) is 13.8 Å². The minimum absolute atomic E-state index is 0.0966. The van der Waals surface area contributed by atoms with E-state index in [0.717, 1.165) is 30.4 Å². The van der Waals surface area contributed by atoms with E-state index < -0.39 is 5.54 Å². The molecule has 0 unspecified atom stereocenters. The van der Waals surface area contributed by atoms with Gasteiger partial charge in [0.05, 0.1) is 7.11 Å². The molecule has 1 N–H and O–H groups in total. The van der Waals surface area contributed by atoms with Gasteiger partial charge in [-0.25, -0.2) is 4.79 Å². The van der Waals surface area contributed by atoms with Gasteiger partial charge in [-0.05, 0) is 50.3 Å². The van der Waals surface area contributed by atoms with Crippen LogP contribution >= 0.6 is 0 Å². The number of phenols is 1. The number of methoxy groups -OCH3 is 1. The second kappa shape index (κ2) is 4.46. The highest BCUT2D eigenvalue weighted by Crippen LogP contribution is 2.51. The van der Waals surface area contributed by atoms with E-state index in [2.05, 4.69) is 4.99 Å². The third kappa shape index (κ3) is 1.70. The summed E-state index contributed by atoms with van der Waals surface area (Å²) >= 11 is 0. The summed E-state index contributed by atoms with van der Waals surface area (Å²) in [7, 11) is 1.52. The van der Waals surface area contributed by atoms with Crippen molar-refractivity contribution in [3.8, 4) is 11.5 Å². The summed E-state index contributed by atoms with van der Waals surface area (Å²) in [4.78, 5) is 14.6. The van der Waals surface area contributed by atoms with Crippen LogP contribution < -0.4 is 4.74 Å². The number of hydrogen-bond acceptors (Lipinski definition) is 4. The number of rotatable bonds is 3. The number of isocyanates is 1. The first-order valence-electron chi connectivity index (χ1n) is 6.02. The van der Waals surface area contributed by atoms with E-state index in [0.29, 0.717) is 11.3 Å². The number of ether oxygens (including phenoxy) is 1. The monoisotopic (exact) mass is 247 g/mol. The fourth-order valence-electron chi connectivity index (χ4n) is 2.61. The van der Waals surface area contributed by atoms with Crippen LogP contribution in [-0.4, -0.2) is 18.3 Å². The molecule has 1 aromatic rings. The van der Waals surface area contributed by atoms with E-state index in [4.69, 9.17) is 4.74 Å². The molecule has 4 nitrogen and oxygen atoms in total. The van der Waals surface area contributed by atoms with Crippen molar-refractivity contribution in [2.24, 2.45) is 4.99 Å². The van der Waals surface area contributed by atoms with Crippen molar-refractivity contribution in [1.82, 2.24) is 0 Å². The summed E-state index contributed by atoms with van der Waals surface area (Å²) in [6.07, 6.45) is 4.18. The van der Waals surface area contributed by atoms with Gasteiger partial charge >= 0.3 is 0 Å². The predicted molar refractivity (Wildman–Crippen MR) is 67.8 cm³/mol. The summed E-state index contributed by atoms with van der Waals surface area (Å²) in [6, 6.07) is 1.80. The maximum atomic E-state index is 10.6. The van der Waals surface area contributed by atoms with Gasteiger partial charge in [0.1, 0.15) is 5.54 Å². The van der Waals surface area contributed by atoms with Gasteiger partial charge in [0, 0.05) is 5.56 Å². The number of aryl methyl sites for hydroxylation is 1. The number of nitrogens with zero attached hydrogens (tertiary/aromatic N) is 1. The van der Waals surface area contributed by atoms with E-state index in [9.17, 15) is 9.90 Å². The maximum Gasteiger partial charge on any atom is 0.235 e. The van der Waals surface area contributed by atoms with Gasteiger partial charge < -0.3 is 9.84 Å². The fourth-order valence-corrected chi connectivity index (χ4v) is 2.61. The molecule has 0 amide bonds. The first-order chi connectivity index (χ1) is 8.55. The summed E-state index contributed by atoms with van der Waals surface area (Å²) in [6.45, 7) is 3.89. The van der Waals surface area contributed by atoms with E-state index in [1.54, 1.807) is 12.1 Å². The Bertz CT molecular complexity index is 526. The number of phenolic OH excluding ortho intramolecular Hbond substituents is 1. The Morgan fingerprint density at radius 2 is 2.11 bits per heavy atom. The standard InChI is InChI=1S/C14H17NO3/c1-9-7-11(18-3)13(17)12(10(9)2)14(15-8-16)5-4-6-14/h7,17H,4-6H2,1-3H3. The molecule has 1 saturated carbocycles. The normalized spacial score (nSPS) is 16.6. The number of aromatic hydroxyl groups is 1. The zero-order valence-electron chi connectivity index (χ0n) is 10.9. The van der Waals surface area contributed by atoms with Gasteiger partial charge in [-0.3, -0.25) is 0 Å². The van der Waals surface area contributed by atoms with Crippen LogP contribution in [-0.2, 0) is 10.3 Å². The summed E-state index contributed by atoms with van der Waals surface area (Å²) in [5, 5.41) is 10.3. The summed E-state index contributed by atoms with van der Waals surface area (Å²) in [5.74, 6) is 0.528. The summed E-state index contributed by atoms with van der Waals surface area (Å²) in [5.41, 5.74) is 2.10. The lowest BCUT2D eigenvalue weighted by Gasteiger charge is -2.39. The van der Waals surface area contributed by atoms with Crippen LogP contribution in [0.3, 0.4) is 0 Å². The number of aliphatic imine (C=N–C) groups is 1. The van der Waals surface area contributed by atoms with Crippen LogP contribution in [0.2, 0.25) is 0 Å². The largest absolute Gasteiger partial charge is 0.504 e. The molecule has 0 heterocycles. The molecule has 1 fully saturated rings. The molecule has 4 heteroatoms. The molecule has 0 aliphatic heterocycles. The number of hydrogen-bond donors (Lipinski definition) is 1. The van der Waals surface area contributed by atoms with Crippen LogP contribution in [0.15, 0.2) is 11.1 Å². The van der Waals surface area contributed by atoms with E-state index >= 15 is 0 Å². The van der Waals surface area contributed by atoms with Gasteiger partial charge in [-0.2, -0.15) is 4.99 Å². The topological polar surface area (TPSA) is 58.9 Å². The van der Waals surface area contributed by atoms with Crippen LogP contribution in [0, 0.1) is 13.8 Å². The Kier molecular flexibility index (Phi) is 3.14. The maximum absolute atomic E-state index is 10.6. The zero-order chi connectivity index (χ0) is 13.3. The molecule has 0 atom stereocenters. The Morgan fingerprint density at radius 3 is 2.56 bits per heavy atom. The van der Waals surface area contributed by atoms with Crippen LogP contribution in [0.4, 0.5) is 0 Å². The Morgan fingerprint density at radius 1 is 1.44 bits per heavy atom. The molecule has 18 heavy (non-hydrogen) atoms. The van der Waals surface area contributed by atoms with Crippen molar-refractivity contribution in [3.63, 3.8) is 0 Å². The lowest BCUT2D eigenvalue weighted by Crippen LogP contribution is -2.33. The molecule has 1 aliphatic carbocycles. The van der Waals surface area contributed by atoms with Crippen molar-refractivity contribution in [1.29, 1.82) is 0 Å². The highest BCUT2D eigenvalue weighted by atomic mass is 16.5. The second-order valence-electron chi connectivity index (χ2n) is 4.83. The molecule has 96 valence electrons. The van der Waals surface area contributed by atoms with Crippen LogP contribution in [0.1, 0.15) is 36.0 Å².